The van der Waals surface area contributed by atoms with E-state index in [-0.39, 0.29) is 5.38 Å². The van der Waals surface area contributed by atoms with Crippen molar-refractivity contribution in [2.24, 2.45) is 0 Å². The van der Waals surface area contributed by atoms with Crippen LogP contribution in [0.1, 0.15) is 59.4 Å². The molecule has 20 heavy (non-hydrogen) atoms. The average molecular weight is 287 g/mol. The summed E-state index contributed by atoms with van der Waals surface area (Å²) in [5.74, 6) is 0.609. The van der Waals surface area contributed by atoms with Crippen LogP contribution >= 0.6 is 11.6 Å². The Balaban J connectivity index is 2.32. The summed E-state index contributed by atoms with van der Waals surface area (Å²) in [6, 6.07) is 15.1. The number of alkyl halides is 1. The second-order valence-electron chi connectivity index (χ2n) is 5.64. The maximum atomic E-state index is 6.71. The Bertz CT molecular complexity index is 549. The van der Waals surface area contributed by atoms with Crippen molar-refractivity contribution in [1.29, 1.82) is 0 Å². The molecule has 0 saturated heterocycles. The lowest BCUT2D eigenvalue weighted by atomic mass is 9.93. The van der Waals surface area contributed by atoms with Crippen molar-refractivity contribution in [2.45, 2.75) is 45.4 Å². The molecule has 106 valence electrons. The van der Waals surface area contributed by atoms with Crippen LogP contribution in [0.2, 0.25) is 0 Å². The van der Waals surface area contributed by atoms with Gasteiger partial charge in [-0.1, -0.05) is 56.3 Å². The van der Waals surface area contributed by atoms with Gasteiger partial charge in [-0.2, -0.15) is 0 Å². The van der Waals surface area contributed by atoms with E-state index in [0.717, 1.165) is 0 Å². The standard InChI is InChI=1S/C19H23Cl/c1-5-13(2)16-9-11-17(12-10-16)19(20)18-14(3)7-6-8-15(18)4/h6-13,19H,5H2,1-4H3. The van der Waals surface area contributed by atoms with E-state index in [1.165, 1.54) is 34.2 Å². The molecule has 0 N–H and O–H groups in total. The SMILES string of the molecule is CCC(C)c1ccc(C(Cl)c2c(C)cccc2C)cc1. The predicted molar refractivity (Wildman–Crippen MR) is 88.8 cm³/mol. The predicted octanol–water partition coefficient (Wildman–Crippen LogP) is 6.15. The molecule has 2 unspecified atom stereocenters. The highest BCUT2D eigenvalue weighted by Crippen LogP contribution is 2.34. The molecular formula is C19H23Cl. The quantitative estimate of drug-likeness (QED) is 0.592. The molecule has 0 aliphatic rings. The van der Waals surface area contributed by atoms with Crippen molar-refractivity contribution < 1.29 is 0 Å². The van der Waals surface area contributed by atoms with Gasteiger partial charge < -0.3 is 0 Å². The van der Waals surface area contributed by atoms with Gasteiger partial charge in [-0.15, -0.1) is 11.6 Å². The third kappa shape index (κ3) is 3.07. The van der Waals surface area contributed by atoms with Crippen molar-refractivity contribution >= 4 is 11.6 Å². The fourth-order valence-electron chi connectivity index (χ4n) is 2.62. The van der Waals surface area contributed by atoms with Crippen LogP contribution in [0.5, 0.6) is 0 Å². The van der Waals surface area contributed by atoms with Gasteiger partial charge in [0.2, 0.25) is 0 Å². The number of aryl methyl sites for hydroxylation is 2. The smallest absolute Gasteiger partial charge is 0.0840 e. The summed E-state index contributed by atoms with van der Waals surface area (Å²) in [7, 11) is 0. The Morgan fingerprint density at radius 2 is 1.40 bits per heavy atom. The molecule has 2 aromatic carbocycles. The normalized spacial score (nSPS) is 14.1. The molecule has 0 nitrogen and oxygen atoms in total. The molecule has 2 aromatic rings. The number of hydrogen-bond donors (Lipinski definition) is 0. The lowest BCUT2D eigenvalue weighted by Crippen LogP contribution is -2.00. The van der Waals surface area contributed by atoms with Gasteiger partial charge in [0.15, 0.2) is 0 Å². The average Bonchev–Trinajstić information content (AvgIpc) is 2.46. The van der Waals surface area contributed by atoms with Gasteiger partial charge in [-0.25, -0.2) is 0 Å². The van der Waals surface area contributed by atoms with Crippen LogP contribution in [0.3, 0.4) is 0 Å². The molecule has 0 saturated carbocycles. The van der Waals surface area contributed by atoms with Crippen molar-refractivity contribution in [2.75, 3.05) is 0 Å². The van der Waals surface area contributed by atoms with Crippen LogP contribution in [0.15, 0.2) is 42.5 Å². The summed E-state index contributed by atoms with van der Waals surface area (Å²) in [5.41, 5.74) is 6.33. The van der Waals surface area contributed by atoms with Gasteiger partial charge in [-0.05, 0) is 54.0 Å². The minimum absolute atomic E-state index is 0.0674. The summed E-state index contributed by atoms with van der Waals surface area (Å²) >= 11 is 6.71. The Morgan fingerprint density at radius 1 is 0.900 bits per heavy atom. The first-order valence-corrected chi connectivity index (χ1v) is 7.78. The summed E-state index contributed by atoms with van der Waals surface area (Å²) < 4.78 is 0. The number of benzene rings is 2. The van der Waals surface area contributed by atoms with Crippen molar-refractivity contribution in [3.05, 3.63) is 70.3 Å². The van der Waals surface area contributed by atoms with E-state index in [4.69, 9.17) is 11.6 Å². The van der Waals surface area contributed by atoms with Crippen LogP contribution in [-0.2, 0) is 0 Å². The maximum absolute atomic E-state index is 6.71. The number of hydrogen-bond acceptors (Lipinski definition) is 0. The molecular weight excluding hydrogens is 264 g/mol. The van der Waals surface area contributed by atoms with Crippen molar-refractivity contribution in [3.63, 3.8) is 0 Å². The highest BCUT2D eigenvalue weighted by atomic mass is 35.5. The molecule has 0 aliphatic carbocycles. The fourth-order valence-corrected chi connectivity index (χ4v) is 3.11. The van der Waals surface area contributed by atoms with Gasteiger partial charge >= 0.3 is 0 Å². The van der Waals surface area contributed by atoms with Crippen LogP contribution in [0, 0.1) is 13.8 Å². The van der Waals surface area contributed by atoms with E-state index in [0.29, 0.717) is 5.92 Å². The second-order valence-corrected chi connectivity index (χ2v) is 6.08. The van der Waals surface area contributed by atoms with Crippen molar-refractivity contribution in [1.82, 2.24) is 0 Å². The van der Waals surface area contributed by atoms with Gasteiger partial charge in [-0.3, -0.25) is 0 Å². The van der Waals surface area contributed by atoms with Gasteiger partial charge in [0, 0.05) is 0 Å². The lowest BCUT2D eigenvalue weighted by Gasteiger charge is -2.17. The van der Waals surface area contributed by atoms with E-state index in [1.54, 1.807) is 0 Å². The van der Waals surface area contributed by atoms with E-state index in [2.05, 4.69) is 70.2 Å². The van der Waals surface area contributed by atoms with Gasteiger partial charge in [0.05, 0.1) is 5.38 Å². The molecule has 1 heteroatoms. The Hall–Kier alpha value is -1.27. The summed E-state index contributed by atoms with van der Waals surface area (Å²) in [5, 5.41) is -0.0674. The molecule has 2 atom stereocenters. The molecule has 2 rings (SSSR count). The zero-order valence-electron chi connectivity index (χ0n) is 12.8. The van der Waals surface area contributed by atoms with Crippen molar-refractivity contribution in [3.8, 4) is 0 Å². The molecule has 0 fully saturated rings. The maximum Gasteiger partial charge on any atom is 0.0840 e. The van der Waals surface area contributed by atoms with Crippen LogP contribution in [0.4, 0.5) is 0 Å². The highest BCUT2D eigenvalue weighted by molar-refractivity contribution is 6.22. The molecule has 0 aromatic heterocycles. The Kier molecular flexibility index (Phi) is 4.88. The Morgan fingerprint density at radius 3 is 1.90 bits per heavy atom. The zero-order chi connectivity index (χ0) is 14.7. The van der Waals surface area contributed by atoms with Gasteiger partial charge in [0.1, 0.15) is 0 Å². The molecule has 0 amide bonds. The van der Waals surface area contributed by atoms with E-state index in [9.17, 15) is 0 Å². The summed E-state index contributed by atoms with van der Waals surface area (Å²) in [6.45, 7) is 8.74. The third-order valence-corrected chi connectivity index (χ3v) is 4.68. The molecule has 0 aliphatic heterocycles. The first-order valence-electron chi connectivity index (χ1n) is 7.34. The minimum atomic E-state index is -0.0674. The first-order chi connectivity index (χ1) is 9.54. The summed E-state index contributed by atoms with van der Waals surface area (Å²) in [6.07, 6.45) is 1.17. The van der Waals surface area contributed by atoms with Crippen LogP contribution < -0.4 is 0 Å². The van der Waals surface area contributed by atoms with Crippen LogP contribution in [-0.4, -0.2) is 0 Å². The molecule has 0 heterocycles. The minimum Gasteiger partial charge on any atom is -0.113 e. The third-order valence-electron chi connectivity index (χ3n) is 4.21. The van der Waals surface area contributed by atoms with Crippen LogP contribution in [0.25, 0.3) is 0 Å². The summed E-state index contributed by atoms with van der Waals surface area (Å²) in [4.78, 5) is 0. The monoisotopic (exact) mass is 286 g/mol. The second kappa shape index (κ2) is 6.45. The van der Waals surface area contributed by atoms with E-state index in [1.807, 2.05) is 0 Å². The highest BCUT2D eigenvalue weighted by Gasteiger charge is 2.15. The number of halogens is 1. The van der Waals surface area contributed by atoms with E-state index >= 15 is 0 Å². The fraction of sp³-hybridized carbons (Fsp3) is 0.368. The molecule has 0 bridgehead atoms. The van der Waals surface area contributed by atoms with Gasteiger partial charge in [0.25, 0.3) is 0 Å². The zero-order valence-corrected chi connectivity index (χ0v) is 13.5. The largest absolute Gasteiger partial charge is 0.113 e. The number of rotatable bonds is 4. The Labute approximate surface area is 127 Å². The molecule has 0 radical (unpaired) electrons. The topological polar surface area (TPSA) is 0 Å². The van der Waals surface area contributed by atoms with E-state index < -0.39 is 0 Å². The molecule has 0 spiro atoms. The first kappa shape index (κ1) is 15.1. The lowest BCUT2D eigenvalue weighted by molar-refractivity contribution is 0.733.